The smallest absolute Gasteiger partial charge is 0.258 e. The van der Waals surface area contributed by atoms with Crippen LogP contribution in [0.4, 0.5) is 5.88 Å². The van der Waals surface area contributed by atoms with E-state index in [0.717, 1.165) is 25.9 Å². The van der Waals surface area contributed by atoms with Gasteiger partial charge in [0.2, 0.25) is 5.88 Å². The molecule has 1 aromatic rings. The van der Waals surface area contributed by atoms with Crippen molar-refractivity contribution in [3.05, 3.63) is 11.8 Å². The topological polar surface area (TPSA) is 93.2 Å². The molecular formula is C10H16N4O2. The third-order valence-corrected chi connectivity index (χ3v) is 2.85. The van der Waals surface area contributed by atoms with E-state index < -0.39 is 0 Å². The first-order valence-corrected chi connectivity index (χ1v) is 5.46. The number of piperidine rings is 1. The minimum atomic E-state index is -0.211. The van der Waals surface area contributed by atoms with E-state index in [1.807, 2.05) is 0 Å². The number of nitrogen functional groups attached to an aromatic ring is 1. The highest BCUT2D eigenvalue weighted by molar-refractivity contribution is 5.97. The van der Waals surface area contributed by atoms with Gasteiger partial charge in [0.1, 0.15) is 5.56 Å². The van der Waals surface area contributed by atoms with Gasteiger partial charge in [-0.2, -0.15) is 0 Å². The lowest BCUT2D eigenvalue weighted by molar-refractivity contribution is 0.0945. The van der Waals surface area contributed by atoms with Crippen LogP contribution in [0.3, 0.4) is 0 Å². The maximum Gasteiger partial charge on any atom is 0.258 e. The number of nitrogens with zero attached hydrogens (tertiary/aromatic N) is 1. The van der Waals surface area contributed by atoms with Gasteiger partial charge in [-0.05, 0) is 31.8 Å². The Labute approximate surface area is 93.5 Å². The van der Waals surface area contributed by atoms with Crippen LogP contribution in [0, 0.1) is 5.92 Å². The van der Waals surface area contributed by atoms with Crippen molar-refractivity contribution >= 4 is 11.8 Å². The molecule has 0 aromatic carbocycles. The Hall–Kier alpha value is -1.56. The number of hydrogen-bond donors (Lipinski definition) is 3. The molecule has 0 aliphatic carbocycles. The highest BCUT2D eigenvalue weighted by atomic mass is 16.5. The first-order chi connectivity index (χ1) is 7.77. The Bertz CT molecular complexity index is 357. The number of nitrogens with one attached hydrogen (secondary N) is 2. The summed E-state index contributed by atoms with van der Waals surface area (Å²) in [6.45, 7) is 2.73. The van der Waals surface area contributed by atoms with Gasteiger partial charge in [0.05, 0.1) is 6.20 Å². The van der Waals surface area contributed by atoms with Gasteiger partial charge in [0, 0.05) is 6.54 Å². The quantitative estimate of drug-likeness (QED) is 0.671. The van der Waals surface area contributed by atoms with Crippen LogP contribution in [0.5, 0.6) is 0 Å². The summed E-state index contributed by atoms with van der Waals surface area (Å²) in [5.74, 6) is 0.409. The van der Waals surface area contributed by atoms with Crippen LogP contribution in [0.25, 0.3) is 0 Å². The Morgan fingerprint density at radius 2 is 2.38 bits per heavy atom. The van der Waals surface area contributed by atoms with E-state index in [-0.39, 0.29) is 11.8 Å². The zero-order valence-corrected chi connectivity index (χ0v) is 9.03. The molecule has 1 fully saturated rings. The summed E-state index contributed by atoms with van der Waals surface area (Å²) in [5, 5.41) is 9.60. The lowest BCUT2D eigenvalue weighted by atomic mass is 9.98. The van der Waals surface area contributed by atoms with Crippen LogP contribution in [-0.4, -0.2) is 30.7 Å². The molecule has 2 rings (SSSR count). The normalized spacial score (nSPS) is 17.2. The molecule has 0 unspecified atom stereocenters. The summed E-state index contributed by atoms with van der Waals surface area (Å²) in [5.41, 5.74) is 5.76. The Balaban J connectivity index is 1.81. The Kier molecular flexibility index (Phi) is 3.40. The molecule has 0 radical (unpaired) electrons. The van der Waals surface area contributed by atoms with Gasteiger partial charge < -0.3 is 20.9 Å². The zero-order chi connectivity index (χ0) is 11.4. The van der Waals surface area contributed by atoms with Gasteiger partial charge in [0.25, 0.3) is 5.91 Å². The molecule has 2 heterocycles. The lowest BCUT2D eigenvalue weighted by Crippen LogP contribution is -2.36. The number of carbonyl (C=O) groups is 1. The zero-order valence-electron chi connectivity index (χ0n) is 9.03. The van der Waals surface area contributed by atoms with Crippen LogP contribution < -0.4 is 16.4 Å². The molecule has 1 aliphatic heterocycles. The molecule has 6 nitrogen and oxygen atoms in total. The van der Waals surface area contributed by atoms with Crippen LogP contribution in [-0.2, 0) is 0 Å². The Morgan fingerprint density at radius 3 is 3.00 bits per heavy atom. The van der Waals surface area contributed by atoms with Crippen molar-refractivity contribution in [1.82, 2.24) is 15.8 Å². The Morgan fingerprint density at radius 1 is 1.62 bits per heavy atom. The summed E-state index contributed by atoms with van der Waals surface area (Å²) < 4.78 is 4.63. The number of carbonyl (C=O) groups excluding carboxylic acids is 1. The molecule has 0 atom stereocenters. The second-order valence-electron chi connectivity index (χ2n) is 4.01. The van der Waals surface area contributed by atoms with E-state index in [2.05, 4.69) is 20.3 Å². The van der Waals surface area contributed by atoms with E-state index in [4.69, 9.17) is 5.73 Å². The summed E-state index contributed by atoms with van der Waals surface area (Å²) in [6, 6.07) is 0. The largest absolute Gasteiger partial charge is 0.367 e. The van der Waals surface area contributed by atoms with Crippen LogP contribution in [0.2, 0.25) is 0 Å². The lowest BCUT2D eigenvalue weighted by Gasteiger charge is -2.22. The number of hydrogen-bond acceptors (Lipinski definition) is 5. The fraction of sp³-hybridized carbons (Fsp3) is 0.600. The van der Waals surface area contributed by atoms with Crippen molar-refractivity contribution in [2.45, 2.75) is 12.8 Å². The summed E-state index contributed by atoms with van der Waals surface area (Å²) in [7, 11) is 0. The highest BCUT2D eigenvalue weighted by Crippen LogP contribution is 2.12. The van der Waals surface area contributed by atoms with Gasteiger partial charge in [-0.1, -0.05) is 5.16 Å². The summed E-state index contributed by atoms with van der Waals surface area (Å²) >= 11 is 0. The molecule has 1 saturated heterocycles. The van der Waals surface area contributed by atoms with Crippen LogP contribution >= 0.6 is 0 Å². The van der Waals surface area contributed by atoms with Crippen molar-refractivity contribution in [2.24, 2.45) is 5.92 Å². The number of rotatable bonds is 3. The number of nitrogens with two attached hydrogens (primary N) is 1. The third-order valence-electron chi connectivity index (χ3n) is 2.85. The van der Waals surface area contributed by atoms with Crippen molar-refractivity contribution in [3.8, 4) is 0 Å². The first kappa shape index (κ1) is 10.9. The van der Waals surface area contributed by atoms with Crippen molar-refractivity contribution in [3.63, 3.8) is 0 Å². The van der Waals surface area contributed by atoms with Gasteiger partial charge in [0.15, 0.2) is 0 Å². The maximum atomic E-state index is 11.7. The molecular weight excluding hydrogens is 208 g/mol. The molecule has 0 saturated carbocycles. The standard InChI is InChI=1S/C10H16N4O2/c11-9-8(6-14-16-9)10(15)13-5-7-1-3-12-4-2-7/h6-7,12H,1-5,11H2,(H,13,15). The minimum Gasteiger partial charge on any atom is -0.367 e. The predicted octanol–water partition coefficient (Wildman–Crippen LogP) is -0.0138. The van der Waals surface area contributed by atoms with Crippen LogP contribution in [0.15, 0.2) is 10.7 Å². The fourth-order valence-corrected chi connectivity index (χ4v) is 1.84. The molecule has 1 amide bonds. The van der Waals surface area contributed by atoms with Crippen molar-refractivity contribution in [1.29, 1.82) is 0 Å². The van der Waals surface area contributed by atoms with E-state index in [9.17, 15) is 4.79 Å². The molecule has 0 spiro atoms. The van der Waals surface area contributed by atoms with E-state index in [1.54, 1.807) is 0 Å². The van der Waals surface area contributed by atoms with Crippen LogP contribution in [0.1, 0.15) is 23.2 Å². The summed E-state index contributed by atoms with van der Waals surface area (Å²) in [6.07, 6.45) is 3.53. The average molecular weight is 224 g/mol. The van der Waals surface area contributed by atoms with Crippen molar-refractivity contribution in [2.75, 3.05) is 25.4 Å². The molecule has 16 heavy (non-hydrogen) atoms. The number of aromatic nitrogens is 1. The SMILES string of the molecule is Nc1oncc1C(=O)NCC1CCNCC1. The molecule has 4 N–H and O–H groups in total. The molecule has 88 valence electrons. The fourth-order valence-electron chi connectivity index (χ4n) is 1.84. The van der Waals surface area contributed by atoms with Gasteiger partial charge in [-0.25, -0.2) is 0 Å². The molecule has 0 bridgehead atoms. The van der Waals surface area contributed by atoms with Crippen molar-refractivity contribution < 1.29 is 9.32 Å². The van der Waals surface area contributed by atoms with Gasteiger partial charge >= 0.3 is 0 Å². The predicted molar refractivity (Wildman–Crippen MR) is 58.8 cm³/mol. The minimum absolute atomic E-state index is 0.0720. The number of amides is 1. The van der Waals surface area contributed by atoms with Gasteiger partial charge in [-0.15, -0.1) is 0 Å². The third kappa shape index (κ3) is 2.52. The number of anilines is 1. The summed E-state index contributed by atoms with van der Waals surface area (Å²) in [4.78, 5) is 11.7. The molecule has 1 aromatic heterocycles. The average Bonchev–Trinajstić information content (AvgIpc) is 2.74. The van der Waals surface area contributed by atoms with Gasteiger partial charge in [-0.3, -0.25) is 4.79 Å². The second kappa shape index (κ2) is 4.98. The first-order valence-electron chi connectivity index (χ1n) is 5.46. The second-order valence-corrected chi connectivity index (χ2v) is 4.01. The molecule has 1 aliphatic rings. The maximum absolute atomic E-state index is 11.7. The monoisotopic (exact) mass is 224 g/mol. The van der Waals surface area contributed by atoms with E-state index in [1.165, 1.54) is 6.20 Å². The van der Waals surface area contributed by atoms with E-state index >= 15 is 0 Å². The molecule has 6 heteroatoms. The van der Waals surface area contributed by atoms with E-state index in [0.29, 0.717) is 18.0 Å². The highest BCUT2D eigenvalue weighted by Gasteiger charge is 2.17.